The smallest absolute Gasteiger partial charge is 0.330 e. The summed E-state index contributed by atoms with van der Waals surface area (Å²) in [6.07, 6.45) is 14.9. The summed E-state index contributed by atoms with van der Waals surface area (Å²) >= 11 is 0. The first-order chi connectivity index (χ1) is 17.7. The van der Waals surface area contributed by atoms with Crippen LogP contribution in [0.25, 0.3) is 0 Å². The van der Waals surface area contributed by atoms with Gasteiger partial charge in [0.15, 0.2) is 0 Å². The van der Waals surface area contributed by atoms with Crippen molar-refractivity contribution in [2.24, 2.45) is 56.7 Å². The lowest BCUT2D eigenvalue weighted by molar-refractivity contribution is -0.213. The van der Waals surface area contributed by atoms with Crippen molar-refractivity contribution in [2.75, 3.05) is 0 Å². The molecule has 0 aromatic rings. The molecular formula is C34H52O4. The van der Waals surface area contributed by atoms with Crippen molar-refractivity contribution in [3.8, 4) is 0 Å². The van der Waals surface area contributed by atoms with Crippen molar-refractivity contribution in [1.29, 1.82) is 0 Å². The molecule has 0 bridgehead atoms. The van der Waals surface area contributed by atoms with E-state index in [0.29, 0.717) is 23.7 Å². The molecule has 1 N–H and O–H groups in total. The summed E-state index contributed by atoms with van der Waals surface area (Å²) in [6, 6.07) is 0. The number of carbonyl (C=O) groups is 2. The zero-order valence-corrected chi connectivity index (χ0v) is 25.2. The fourth-order valence-electron chi connectivity index (χ4n) is 11.4. The van der Waals surface area contributed by atoms with Gasteiger partial charge in [0.05, 0.1) is 5.41 Å². The standard InChI is InChI=1S/C34H52O4/c1-9-10-27(35)38-26-15-16-31(6)24(30(26,4)5)14-17-33(8)25(31)12-11-23-28-22(3)21(2)13-18-34(28,29(36)37)20-19-32(23,33)7/h9-11,21-22,24-26,28H,12-20H2,1-8H3,(H,36,37)/b10-9+/t21-,22+,24+,25-,26+,28+,31+,32-,33-,34+/m1/s1. The van der Waals surface area contributed by atoms with E-state index in [0.717, 1.165) is 51.4 Å². The normalized spacial score (nSPS) is 49.6. The summed E-state index contributed by atoms with van der Waals surface area (Å²) in [6.45, 7) is 18.8. The highest BCUT2D eigenvalue weighted by Crippen LogP contribution is 2.75. The van der Waals surface area contributed by atoms with Crippen LogP contribution in [0.1, 0.15) is 113 Å². The summed E-state index contributed by atoms with van der Waals surface area (Å²) in [7, 11) is 0. The Kier molecular flexibility index (Phi) is 6.60. The lowest BCUT2D eigenvalue weighted by Crippen LogP contribution is -2.65. The van der Waals surface area contributed by atoms with E-state index in [1.807, 2.05) is 6.92 Å². The van der Waals surface area contributed by atoms with Gasteiger partial charge in [-0.1, -0.05) is 66.2 Å². The van der Waals surface area contributed by atoms with Crippen LogP contribution in [0.3, 0.4) is 0 Å². The molecule has 4 fully saturated rings. The highest BCUT2D eigenvalue weighted by molar-refractivity contribution is 5.82. The molecule has 5 aliphatic rings. The van der Waals surface area contributed by atoms with Crippen LogP contribution in [0.4, 0.5) is 0 Å². The Morgan fingerprint density at radius 2 is 1.66 bits per heavy atom. The molecule has 10 atom stereocenters. The number of ether oxygens (including phenoxy) is 1. The molecule has 212 valence electrons. The van der Waals surface area contributed by atoms with Crippen LogP contribution in [0.5, 0.6) is 0 Å². The van der Waals surface area contributed by atoms with Crippen molar-refractivity contribution < 1.29 is 19.4 Å². The highest BCUT2D eigenvalue weighted by Gasteiger charge is 2.69. The van der Waals surface area contributed by atoms with Crippen LogP contribution in [-0.2, 0) is 14.3 Å². The third-order valence-electron chi connectivity index (χ3n) is 13.9. The van der Waals surface area contributed by atoms with Crippen molar-refractivity contribution >= 4 is 11.9 Å². The average molecular weight is 525 g/mol. The van der Waals surface area contributed by atoms with Crippen LogP contribution >= 0.6 is 0 Å². The minimum atomic E-state index is -0.585. The Labute approximate surface area is 231 Å². The van der Waals surface area contributed by atoms with E-state index < -0.39 is 11.4 Å². The monoisotopic (exact) mass is 524 g/mol. The van der Waals surface area contributed by atoms with Gasteiger partial charge < -0.3 is 9.84 Å². The fourth-order valence-corrected chi connectivity index (χ4v) is 11.4. The van der Waals surface area contributed by atoms with Gasteiger partial charge in [-0.25, -0.2) is 4.79 Å². The van der Waals surface area contributed by atoms with Gasteiger partial charge in [0.25, 0.3) is 0 Å². The highest BCUT2D eigenvalue weighted by atomic mass is 16.5. The molecule has 0 amide bonds. The largest absolute Gasteiger partial charge is 0.481 e. The van der Waals surface area contributed by atoms with Gasteiger partial charge in [-0.05, 0) is 111 Å². The van der Waals surface area contributed by atoms with Gasteiger partial charge in [-0.3, -0.25) is 4.79 Å². The van der Waals surface area contributed by atoms with E-state index in [2.05, 4.69) is 54.5 Å². The summed E-state index contributed by atoms with van der Waals surface area (Å²) in [5.41, 5.74) is 1.21. The summed E-state index contributed by atoms with van der Waals surface area (Å²) < 4.78 is 6.03. The van der Waals surface area contributed by atoms with Crippen molar-refractivity contribution in [3.63, 3.8) is 0 Å². The maximum atomic E-state index is 12.9. The third-order valence-corrected chi connectivity index (χ3v) is 13.9. The molecule has 0 saturated heterocycles. The molecule has 4 saturated carbocycles. The number of aliphatic carboxylic acids is 1. The van der Waals surface area contributed by atoms with E-state index in [1.165, 1.54) is 12.0 Å². The number of carboxylic acids is 1. The van der Waals surface area contributed by atoms with Crippen molar-refractivity contribution in [2.45, 2.75) is 119 Å². The van der Waals surface area contributed by atoms with E-state index in [9.17, 15) is 14.7 Å². The second-order valence-electron chi connectivity index (χ2n) is 15.4. The third kappa shape index (κ3) is 3.53. The second kappa shape index (κ2) is 8.96. The molecule has 0 unspecified atom stereocenters. The molecule has 0 aromatic heterocycles. The Hall–Kier alpha value is -1.58. The number of hydrogen-bond acceptors (Lipinski definition) is 3. The summed E-state index contributed by atoms with van der Waals surface area (Å²) in [5, 5.41) is 10.6. The quantitative estimate of drug-likeness (QED) is 0.229. The molecule has 5 rings (SSSR count). The van der Waals surface area contributed by atoms with Crippen LogP contribution in [0.2, 0.25) is 0 Å². The maximum absolute atomic E-state index is 12.9. The van der Waals surface area contributed by atoms with Crippen LogP contribution in [0, 0.1) is 56.7 Å². The molecule has 0 spiro atoms. The van der Waals surface area contributed by atoms with Gasteiger partial charge >= 0.3 is 11.9 Å². The lowest BCUT2D eigenvalue weighted by atomic mass is 9.33. The fraction of sp³-hybridized carbons (Fsp3) is 0.824. The van der Waals surface area contributed by atoms with Gasteiger partial charge in [0.2, 0.25) is 0 Å². The number of rotatable bonds is 3. The predicted molar refractivity (Wildman–Crippen MR) is 151 cm³/mol. The minimum Gasteiger partial charge on any atom is -0.481 e. The SMILES string of the molecule is C/C=C/C(=O)O[C@H]1CC[C@]2(C)[C@H]3CC=C4[C@@H]5[C@@H](C)[C@H](C)CC[C@]5(C(=O)O)CC[C@@]4(C)[C@]3(C)CC[C@H]2C1(C)C. The average Bonchev–Trinajstić information content (AvgIpc) is 2.83. The molecule has 0 aliphatic heterocycles. The Morgan fingerprint density at radius 1 is 0.947 bits per heavy atom. The first-order valence-electron chi connectivity index (χ1n) is 15.5. The van der Waals surface area contributed by atoms with E-state index >= 15 is 0 Å². The molecule has 38 heavy (non-hydrogen) atoms. The number of allylic oxidation sites excluding steroid dienone is 3. The van der Waals surface area contributed by atoms with Crippen molar-refractivity contribution in [1.82, 2.24) is 0 Å². The predicted octanol–water partition coefficient (Wildman–Crippen LogP) is 8.22. The first kappa shape index (κ1) is 28.0. The zero-order chi connectivity index (χ0) is 27.9. The van der Waals surface area contributed by atoms with Gasteiger partial charge in [-0.2, -0.15) is 0 Å². The number of esters is 1. The number of fused-ring (bicyclic) bond motifs is 7. The lowest BCUT2D eigenvalue weighted by Gasteiger charge is -2.71. The van der Waals surface area contributed by atoms with Crippen LogP contribution in [0.15, 0.2) is 23.8 Å². The van der Waals surface area contributed by atoms with Gasteiger partial charge in [0, 0.05) is 11.5 Å². The van der Waals surface area contributed by atoms with Gasteiger partial charge in [0.1, 0.15) is 6.10 Å². The molecule has 5 aliphatic carbocycles. The number of carbonyl (C=O) groups excluding carboxylic acids is 1. The molecule has 4 nitrogen and oxygen atoms in total. The van der Waals surface area contributed by atoms with Gasteiger partial charge in [-0.15, -0.1) is 0 Å². The molecular weight excluding hydrogens is 472 g/mol. The van der Waals surface area contributed by atoms with Crippen LogP contribution in [-0.4, -0.2) is 23.1 Å². The molecule has 4 heteroatoms. The molecule has 0 heterocycles. The Morgan fingerprint density at radius 3 is 2.32 bits per heavy atom. The first-order valence-corrected chi connectivity index (χ1v) is 15.5. The minimum absolute atomic E-state index is 0.0399. The topological polar surface area (TPSA) is 63.6 Å². The Balaban J connectivity index is 1.53. The van der Waals surface area contributed by atoms with E-state index in [1.54, 1.807) is 12.2 Å². The summed E-state index contributed by atoms with van der Waals surface area (Å²) in [4.78, 5) is 25.3. The molecule has 0 aromatic carbocycles. The zero-order valence-electron chi connectivity index (χ0n) is 25.2. The van der Waals surface area contributed by atoms with E-state index in [4.69, 9.17) is 4.74 Å². The van der Waals surface area contributed by atoms with E-state index in [-0.39, 0.29) is 39.7 Å². The number of hydrogen-bond donors (Lipinski definition) is 1. The second-order valence-corrected chi connectivity index (χ2v) is 15.4. The molecule has 0 radical (unpaired) electrons. The summed E-state index contributed by atoms with van der Waals surface area (Å²) in [5.74, 6) is 1.41. The number of carboxylic acid groups (broad SMARTS) is 1. The Bertz CT molecular complexity index is 1050. The van der Waals surface area contributed by atoms with Crippen molar-refractivity contribution in [3.05, 3.63) is 23.8 Å². The maximum Gasteiger partial charge on any atom is 0.330 e. The van der Waals surface area contributed by atoms with Crippen LogP contribution < -0.4 is 0 Å².